The fourth-order valence-electron chi connectivity index (χ4n) is 2.72. The maximum atomic E-state index is 12.8. The summed E-state index contributed by atoms with van der Waals surface area (Å²) < 4.78 is 0. The summed E-state index contributed by atoms with van der Waals surface area (Å²) in [5.74, 6) is -0.518. The zero-order valence-electron chi connectivity index (χ0n) is 12.4. The number of piperidine rings is 1. The fourth-order valence-corrected chi connectivity index (χ4v) is 2.72. The highest BCUT2D eigenvalue weighted by atomic mass is 16.4. The van der Waals surface area contributed by atoms with Crippen LogP contribution in [-0.4, -0.2) is 40.0 Å². The van der Waals surface area contributed by atoms with Crippen LogP contribution >= 0.6 is 0 Å². The number of nitrogens with zero attached hydrogens (tertiary/aromatic N) is 2. The Morgan fingerprint density at radius 1 is 1.17 bits per heavy atom. The van der Waals surface area contributed by atoms with Crippen molar-refractivity contribution < 1.29 is 14.7 Å². The number of Topliss-reactive ketones (excluding diaryl/α,β-unsaturated/α-hetero) is 1. The van der Waals surface area contributed by atoms with Gasteiger partial charge in [-0.1, -0.05) is 36.4 Å². The fraction of sp³-hybridized carbons (Fsp3) is 0.167. The number of hydrogen-bond acceptors (Lipinski definition) is 3. The zero-order valence-corrected chi connectivity index (χ0v) is 12.4. The minimum Gasteiger partial charge on any atom is -0.465 e. The lowest BCUT2D eigenvalue weighted by molar-refractivity contribution is -0.118. The van der Waals surface area contributed by atoms with Gasteiger partial charge in [-0.3, -0.25) is 9.78 Å². The third-order valence-electron chi connectivity index (χ3n) is 3.88. The number of benzene rings is 1. The molecule has 1 saturated heterocycles. The molecule has 5 heteroatoms. The first kappa shape index (κ1) is 15.0. The topological polar surface area (TPSA) is 70.5 Å². The van der Waals surface area contributed by atoms with Gasteiger partial charge in [0.2, 0.25) is 0 Å². The molecule has 0 aliphatic carbocycles. The van der Waals surface area contributed by atoms with Crippen molar-refractivity contribution in [3.63, 3.8) is 0 Å². The Hall–Kier alpha value is -2.95. The molecule has 1 aromatic carbocycles. The van der Waals surface area contributed by atoms with Crippen molar-refractivity contribution >= 4 is 18.0 Å². The van der Waals surface area contributed by atoms with Crippen LogP contribution in [-0.2, 0) is 4.79 Å². The molecule has 1 fully saturated rings. The van der Waals surface area contributed by atoms with Crippen LogP contribution in [0.5, 0.6) is 0 Å². The van der Waals surface area contributed by atoms with E-state index in [0.29, 0.717) is 11.3 Å². The Labute approximate surface area is 133 Å². The lowest BCUT2D eigenvalue weighted by Crippen LogP contribution is -2.43. The van der Waals surface area contributed by atoms with Gasteiger partial charge in [0.1, 0.15) is 0 Å². The molecular weight excluding hydrogens is 292 g/mol. The normalized spacial score (nSPS) is 19.8. The second-order valence-corrected chi connectivity index (χ2v) is 5.41. The third-order valence-corrected chi connectivity index (χ3v) is 3.88. The molecule has 1 amide bonds. The summed E-state index contributed by atoms with van der Waals surface area (Å²) >= 11 is 0. The number of aromatic nitrogens is 1. The van der Waals surface area contributed by atoms with Crippen molar-refractivity contribution in [3.8, 4) is 0 Å². The largest absolute Gasteiger partial charge is 0.465 e. The van der Waals surface area contributed by atoms with Crippen molar-refractivity contribution in [2.75, 3.05) is 13.1 Å². The van der Waals surface area contributed by atoms with Crippen LogP contribution in [0.25, 0.3) is 6.08 Å². The van der Waals surface area contributed by atoms with Crippen LogP contribution in [0.15, 0.2) is 60.3 Å². The minimum absolute atomic E-state index is 0.0423. The highest BCUT2D eigenvalue weighted by molar-refractivity contribution is 6.05. The van der Waals surface area contributed by atoms with E-state index >= 15 is 0 Å². The Morgan fingerprint density at radius 2 is 1.91 bits per heavy atom. The molecular formula is C18H16N2O3. The number of carboxylic acid groups (broad SMARTS) is 1. The molecule has 23 heavy (non-hydrogen) atoms. The van der Waals surface area contributed by atoms with Gasteiger partial charge in [0, 0.05) is 18.3 Å². The molecule has 0 bridgehead atoms. The van der Waals surface area contributed by atoms with E-state index in [1.807, 2.05) is 36.4 Å². The van der Waals surface area contributed by atoms with Crippen LogP contribution in [0, 0.1) is 0 Å². The average molecular weight is 308 g/mol. The lowest BCUT2D eigenvalue weighted by Gasteiger charge is -2.31. The first-order valence-electron chi connectivity index (χ1n) is 7.34. The second kappa shape index (κ2) is 6.44. The number of ketones is 1. The number of rotatable bonds is 2. The summed E-state index contributed by atoms with van der Waals surface area (Å²) in [6, 6.07) is 14.7. The number of carbonyl (C=O) groups excluding carboxylic acids is 1. The van der Waals surface area contributed by atoms with Crippen LogP contribution in [0.3, 0.4) is 0 Å². The van der Waals surface area contributed by atoms with Gasteiger partial charge >= 0.3 is 6.09 Å². The predicted molar refractivity (Wildman–Crippen MR) is 86.0 cm³/mol. The molecule has 5 nitrogen and oxygen atoms in total. The molecule has 116 valence electrons. The molecule has 1 N–H and O–H groups in total. The standard InChI is InChI=1S/C18H16N2O3/c21-17-14(10-15-8-4-5-9-19-15)11-20(18(22)23)12-16(17)13-6-2-1-3-7-13/h1-10,16H,11-12H2,(H,22,23). The first-order chi connectivity index (χ1) is 11.1. The molecule has 1 unspecified atom stereocenters. The number of pyridine rings is 1. The number of likely N-dealkylation sites (tertiary alicyclic amines) is 1. The number of hydrogen-bond donors (Lipinski definition) is 1. The van der Waals surface area contributed by atoms with E-state index in [4.69, 9.17) is 0 Å². The van der Waals surface area contributed by atoms with E-state index in [-0.39, 0.29) is 18.9 Å². The molecule has 1 atom stereocenters. The summed E-state index contributed by atoms with van der Waals surface area (Å²) in [6.07, 6.45) is 2.29. The summed E-state index contributed by atoms with van der Waals surface area (Å²) in [6.45, 7) is 0.270. The van der Waals surface area contributed by atoms with Gasteiger partial charge in [-0.25, -0.2) is 4.79 Å². The molecule has 0 saturated carbocycles. The monoisotopic (exact) mass is 308 g/mol. The SMILES string of the molecule is O=C1C(=Cc2ccccn2)CN(C(=O)O)CC1c1ccccc1. The zero-order chi connectivity index (χ0) is 16.2. The molecule has 1 aliphatic rings. The maximum absolute atomic E-state index is 12.8. The quantitative estimate of drug-likeness (QED) is 0.866. The number of amides is 1. The minimum atomic E-state index is -1.02. The van der Waals surface area contributed by atoms with Crippen molar-refractivity contribution in [1.29, 1.82) is 0 Å². The third kappa shape index (κ3) is 3.29. The molecule has 3 rings (SSSR count). The van der Waals surface area contributed by atoms with E-state index in [0.717, 1.165) is 5.56 Å². The Balaban J connectivity index is 1.97. The van der Waals surface area contributed by atoms with E-state index < -0.39 is 12.0 Å². The molecule has 0 radical (unpaired) electrons. The van der Waals surface area contributed by atoms with Crippen LogP contribution in [0.4, 0.5) is 4.79 Å². The van der Waals surface area contributed by atoms with Crippen molar-refractivity contribution in [1.82, 2.24) is 9.88 Å². The van der Waals surface area contributed by atoms with Gasteiger partial charge in [0.25, 0.3) is 0 Å². The molecule has 2 aromatic rings. The Morgan fingerprint density at radius 3 is 2.57 bits per heavy atom. The van der Waals surface area contributed by atoms with Gasteiger partial charge < -0.3 is 10.0 Å². The summed E-state index contributed by atoms with van der Waals surface area (Å²) in [4.78, 5) is 29.6. The summed E-state index contributed by atoms with van der Waals surface area (Å²) in [7, 11) is 0. The van der Waals surface area contributed by atoms with E-state index in [1.54, 1.807) is 24.4 Å². The second-order valence-electron chi connectivity index (χ2n) is 5.41. The van der Waals surface area contributed by atoms with Crippen LogP contribution in [0.1, 0.15) is 17.2 Å². The van der Waals surface area contributed by atoms with Gasteiger partial charge in [-0.05, 0) is 23.8 Å². The summed E-state index contributed by atoms with van der Waals surface area (Å²) in [5.41, 5.74) is 1.94. The Bertz CT molecular complexity index is 741. The van der Waals surface area contributed by atoms with Crippen molar-refractivity contribution in [2.45, 2.75) is 5.92 Å². The smallest absolute Gasteiger partial charge is 0.407 e. The Kier molecular flexibility index (Phi) is 4.19. The van der Waals surface area contributed by atoms with Gasteiger partial charge in [-0.2, -0.15) is 0 Å². The van der Waals surface area contributed by atoms with Crippen molar-refractivity contribution in [2.24, 2.45) is 0 Å². The van der Waals surface area contributed by atoms with E-state index in [2.05, 4.69) is 4.98 Å². The van der Waals surface area contributed by atoms with E-state index in [1.165, 1.54) is 4.90 Å². The van der Waals surface area contributed by atoms with Gasteiger partial charge in [-0.15, -0.1) is 0 Å². The van der Waals surface area contributed by atoms with Crippen molar-refractivity contribution in [3.05, 3.63) is 71.6 Å². The van der Waals surface area contributed by atoms with Crippen LogP contribution in [0.2, 0.25) is 0 Å². The predicted octanol–water partition coefficient (Wildman–Crippen LogP) is 2.81. The number of carbonyl (C=O) groups is 2. The highest BCUT2D eigenvalue weighted by Crippen LogP contribution is 2.27. The first-order valence-corrected chi connectivity index (χ1v) is 7.34. The average Bonchev–Trinajstić information content (AvgIpc) is 2.58. The van der Waals surface area contributed by atoms with Gasteiger partial charge in [0.05, 0.1) is 18.2 Å². The summed E-state index contributed by atoms with van der Waals surface area (Å²) in [5, 5.41) is 9.34. The lowest BCUT2D eigenvalue weighted by atomic mass is 9.86. The molecule has 1 aliphatic heterocycles. The van der Waals surface area contributed by atoms with E-state index in [9.17, 15) is 14.7 Å². The molecule has 0 spiro atoms. The van der Waals surface area contributed by atoms with Gasteiger partial charge in [0.15, 0.2) is 5.78 Å². The highest BCUT2D eigenvalue weighted by Gasteiger charge is 2.34. The maximum Gasteiger partial charge on any atom is 0.407 e. The molecule has 2 heterocycles. The van der Waals surface area contributed by atoms with Crippen LogP contribution < -0.4 is 0 Å². The molecule has 1 aromatic heterocycles.